The Morgan fingerprint density at radius 2 is 1.78 bits per heavy atom. The lowest BCUT2D eigenvalue weighted by atomic mass is 10.1. The molecule has 1 aliphatic rings. The van der Waals surface area contributed by atoms with Crippen LogP contribution in [0.1, 0.15) is 34.3 Å². The van der Waals surface area contributed by atoms with Crippen LogP contribution in [0.4, 0.5) is 5.69 Å². The average Bonchev–Trinajstić information content (AvgIpc) is 3.15. The van der Waals surface area contributed by atoms with Crippen LogP contribution in [0.15, 0.2) is 41.3 Å². The maximum Gasteiger partial charge on any atom is 0.262 e. The Bertz CT molecular complexity index is 964. The molecule has 6 nitrogen and oxygen atoms in total. The van der Waals surface area contributed by atoms with Crippen molar-refractivity contribution < 1.29 is 17.9 Å². The molecule has 2 aromatic carbocycles. The van der Waals surface area contributed by atoms with Crippen LogP contribution in [-0.2, 0) is 10.0 Å². The van der Waals surface area contributed by atoms with Gasteiger partial charge in [-0.1, -0.05) is 12.1 Å². The van der Waals surface area contributed by atoms with Gasteiger partial charge in [0, 0.05) is 13.1 Å². The molecule has 1 heterocycles. The Kier molecular flexibility index (Phi) is 5.41. The second-order valence-corrected chi connectivity index (χ2v) is 8.38. The molecular weight excluding hydrogens is 364 g/mol. The van der Waals surface area contributed by atoms with Gasteiger partial charge in [0.2, 0.25) is 0 Å². The minimum absolute atomic E-state index is 0.130. The molecule has 2 aromatic rings. The molecule has 0 aromatic heterocycles. The molecule has 144 valence electrons. The van der Waals surface area contributed by atoms with Crippen molar-refractivity contribution in [2.45, 2.75) is 31.6 Å². The molecule has 1 saturated heterocycles. The van der Waals surface area contributed by atoms with E-state index < -0.39 is 10.0 Å². The van der Waals surface area contributed by atoms with Crippen LogP contribution in [-0.4, -0.2) is 39.4 Å². The van der Waals surface area contributed by atoms with Gasteiger partial charge in [-0.25, -0.2) is 8.42 Å². The minimum atomic E-state index is -3.84. The molecule has 0 atom stereocenters. The molecule has 0 saturated carbocycles. The Hall–Kier alpha value is -2.54. The van der Waals surface area contributed by atoms with Gasteiger partial charge in [-0.05, 0) is 62.1 Å². The van der Waals surface area contributed by atoms with Crippen LogP contribution in [0.5, 0.6) is 5.75 Å². The first kappa shape index (κ1) is 19.2. The van der Waals surface area contributed by atoms with Crippen molar-refractivity contribution in [1.82, 2.24) is 4.90 Å². The number of hydrogen-bond acceptors (Lipinski definition) is 4. The SMILES string of the molecule is COc1ccc(S(=O)(=O)Nc2cccc(C)c2C(=O)N2CCCC2)c(C)c1. The Balaban J connectivity index is 1.98. The second kappa shape index (κ2) is 7.60. The number of sulfonamides is 1. The van der Waals surface area contributed by atoms with E-state index in [4.69, 9.17) is 4.74 Å². The smallest absolute Gasteiger partial charge is 0.262 e. The van der Waals surface area contributed by atoms with E-state index in [1.807, 2.05) is 13.0 Å². The zero-order valence-corrected chi connectivity index (χ0v) is 16.6. The lowest BCUT2D eigenvalue weighted by molar-refractivity contribution is 0.0793. The van der Waals surface area contributed by atoms with Gasteiger partial charge in [-0.3, -0.25) is 9.52 Å². The molecule has 0 aliphatic carbocycles. The third-order valence-corrected chi connectivity index (χ3v) is 6.32. The summed E-state index contributed by atoms with van der Waals surface area (Å²) >= 11 is 0. The molecule has 7 heteroatoms. The van der Waals surface area contributed by atoms with Gasteiger partial charge in [-0.2, -0.15) is 0 Å². The first-order valence-electron chi connectivity index (χ1n) is 8.90. The molecule has 1 amide bonds. The number of aryl methyl sites for hydroxylation is 2. The standard InChI is InChI=1S/C20H24N2O4S/c1-14-7-6-8-17(19(14)20(23)22-11-4-5-12-22)21-27(24,25)18-10-9-16(26-3)13-15(18)2/h6-10,13,21H,4-5,11-12H2,1-3H3. The van der Waals surface area contributed by atoms with Crippen molar-refractivity contribution >= 4 is 21.6 Å². The number of rotatable bonds is 5. The van der Waals surface area contributed by atoms with E-state index in [-0.39, 0.29) is 10.8 Å². The highest BCUT2D eigenvalue weighted by atomic mass is 32.2. The normalized spacial score (nSPS) is 14.3. The van der Waals surface area contributed by atoms with Gasteiger partial charge < -0.3 is 9.64 Å². The number of likely N-dealkylation sites (tertiary alicyclic amines) is 1. The van der Waals surface area contributed by atoms with Crippen LogP contribution in [0.3, 0.4) is 0 Å². The molecular formula is C20H24N2O4S. The molecule has 3 rings (SSSR count). The molecule has 0 bridgehead atoms. The lowest BCUT2D eigenvalue weighted by Gasteiger charge is -2.20. The third-order valence-electron chi connectivity index (χ3n) is 4.80. The van der Waals surface area contributed by atoms with Crippen molar-refractivity contribution in [2.24, 2.45) is 0 Å². The predicted octanol–water partition coefficient (Wildman–Crippen LogP) is 3.35. The van der Waals surface area contributed by atoms with Gasteiger partial charge in [0.25, 0.3) is 15.9 Å². The molecule has 1 N–H and O–H groups in total. The summed E-state index contributed by atoms with van der Waals surface area (Å²) in [7, 11) is -2.31. The van der Waals surface area contributed by atoms with Crippen molar-refractivity contribution in [2.75, 3.05) is 24.9 Å². The summed E-state index contributed by atoms with van der Waals surface area (Å²) in [5, 5.41) is 0. The number of carbonyl (C=O) groups excluding carboxylic acids is 1. The van der Waals surface area contributed by atoms with Gasteiger partial charge >= 0.3 is 0 Å². The number of ether oxygens (including phenoxy) is 1. The number of carbonyl (C=O) groups is 1. The van der Waals surface area contributed by atoms with Crippen LogP contribution in [0, 0.1) is 13.8 Å². The summed E-state index contributed by atoms with van der Waals surface area (Å²) in [5.41, 5.74) is 2.04. The number of methoxy groups -OCH3 is 1. The molecule has 0 radical (unpaired) electrons. The summed E-state index contributed by atoms with van der Waals surface area (Å²) in [4.78, 5) is 14.9. The molecule has 0 spiro atoms. The summed E-state index contributed by atoms with van der Waals surface area (Å²) in [5.74, 6) is 0.460. The minimum Gasteiger partial charge on any atom is -0.497 e. The zero-order chi connectivity index (χ0) is 19.6. The van der Waals surface area contributed by atoms with E-state index in [2.05, 4.69) is 4.72 Å². The molecule has 27 heavy (non-hydrogen) atoms. The monoisotopic (exact) mass is 388 g/mol. The fraction of sp³-hybridized carbons (Fsp3) is 0.350. The van der Waals surface area contributed by atoms with Gasteiger partial charge in [-0.15, -0.1) is 0 Å². The van der Waals surface area contributed by atoms with Crippen LogP contribution >= 0.6 is 0 Å². The average molecular weight is 388 g/mol. The summed E-state index contributed by atoms with van der Waals surface area (Å²) < 4.78 is 33.7. The van der Waals surface area contributed by atoms with E-state index in [0.29, 0.717) is 35.7 Å². The maximum atomic E-state index is 13.0. The first-order chi connectivity index (χ1) is 12.8. The Morgan fingerprint density at radius 1 is 1.07 bits per heavy atom. The number of amides is 1. The van der Waals surface area contributed by atoms with E-state index in [0.717, 1.165) is 18.4 Å². The topological polar surface area (TPSA) is 75.7 Å². The number of nitrogens with one attached hydrogen (secondary N) is 1. The fourth-order valence-corrected chi connectivity index (χ4v) is 4.66. The lowest BCUT2D eigenvalue weighted by Crippen LogP contribution is -2.29. The van der Waals surface area contributed by atoms with E-state index in [1.165, 1.54) is 13.2 Å². The van der Waals surface area contributed by atoms with Crippen LogP contribution < -0.4 is 9.46 Å². The fourth-order valence-electron chi connectivity index (χ4n) is 3.37. The highest BCUT2D eigenvalue weighted by Crippen LogP contribution is 2.28. The second-order valence-electron chi connectivity index (χ2n) is 6.73. The Labute approximate surface area is 160 Å². The summed E-state index contributed by atoms with van der Waals surface area (Å²) in [6, 6.07) is 9.98. The first-order valence-corrected chi connectivity index (χ1v) is 10.4. The zero-order valence-electron chi connectivity index (χ0n) is 15.8. The highest BCUT2D eigenvalue weighted by molar-refractivity contribution is 7.92. The number of hydrogen-bond donors (Lipinski definition) is 1. The Morgan fingerprint density at radius 3 is 2.41 bits per heavy atom. The quantitative estimate of drug-likeness (QED) is 0.852. The van der Waals surface area contributed by atoms with Crippen LogP contribution in [0.2, 0.25) is 0 Å². The summed E-state index contributed by atoms with van der Waals surface area (Å²) in [6.45, 7) is 4.94. The van der Waals surface area contributed by atoms with Gasteiger partial charge in [0.05, 0.1) is 23.3 Å². The van der Waals surface area contributed by atoms with Crippen LogP contribution in [0.25, 0.3) is 0 Å². The van der Waals surface area contributed by atoms with Crippen molar-refractivity contribution in [3.63, 3.8) is 0 Å². The number of benzene rings is 2. The van der Waals surface area contributed by atoms with E-state index in [9.17, 15) is 13.2 Å². The predicted molar refractivity (Wildman–Crippen MR) is 105 cm³/mol. The molecule has 1 fully saturated rings. The van der Waals surface area contributed by atoms with Crippen molar-refractivity contribution in [1.29, 1.82) is 0 Å². The number of anilines is 1. The van der Waals surface area contributed by atoms with Crippen molar-refractivity contribution in [3.05, 3.63) is 53.1 Å². The largest absolute Gasteiger partial charge is 0.497 e. The van der Waals surface area contributed by atoms with E-state index >= 15 is 0 Å². The summed E-state index contributed by atoms with van der Waals surface area (Å²) in [6.07, 6.45) is 1.95. The molecule has 1 aliphatic heterocycles. The van der Waals surface area contributed by atoms with Crippen molar-refractivity contribution in [3.8, 4) is 5.75 Å². The van der Waals surface area contributed by atoms with Gasteiger partial charge in [0.15, 0.2) is 0 Å². The van der Waals surface area contributed by atoms with Gasteiger partial charge in [0.1, 0.15) is 5.75 Å². The maximum absolute atomic E-state index is 13.0. The number of nitrogens with zero attached hydrogens (tertiary/aromatic N) is 1. The third kappa shape index (κ3) is 3.93. The van der Waals surface area contributed by atoms with E-state index in [1.54, 1.807) is 36.1 Å². The highest BCUT2D eigenvalue weighted by Gasteiger charge is 2.26. The molecule has 0 unspecified atom stereocenters.